The van der Waals surface area contributed by atoms with Crippen LogP contribution in [0.1, 0.15) is 0 Å². The van der Waals surface area contributed by atoms with Crippen molar-refractivity contribution in [3.8, 4) is 78.7 Å². The van der Waals surface area contributed by atoms with Gasteiger partial charge in [-0.05, 0) is 88.0 Å². The second kappa shape index (κ2) is 18.5. The predicted molar refractivity (Wildman–Crippen MR) is 307 cm³/mol. The standard InChI is InChI=1S/C69H44N4O2/c1-6-18-45(19-7-1)47-30-34-51(35-31-47)67-70-68(52-36-32-48(33-37-52)46-20-8-2-9-21-46)72-69(71-67)53-42-59(49-22-10-3-11-23-49)65(60(43-53)50-24-12-4-13-25-50)73(54-26-14-5-15-27-54)55-38-39-56-57-40-41-62-64(66(57)75-63(56)44-55)58-28-16-17-29-61(58)74-62/h1-44H. The van der Waals surface area contributed by atoms with E-state index in [-0.39, 0.29) is 0 Å². The lowest BCUT2D eigenvalue weighted by Gasteiger charge is -2.31. The van der Waals surface area contributed by atoms with Crippen molar-refractivity contribution in [1.29, 1.82) is 0 Å². The number of hydrogen-bond donors (Lipinski definition) is 0. The van der Waals surface area contributed by atoms with Crippen LogP contribution >= 0.6 is 0 Å². The molecule has 0 atom stereocenters. The highest BCUT2D eigenvalue weighted by molar-refractivity contribution is 6.22. The Balaban J connectivity index is 0.993. The predicted octanol–water partition coefficient (Wildman–Crippen LogP) is 18.8. The van der Waals surface area contributed by atoms with Gasteiger partial charge in [0.25, 0.3) is 0 Å². The average Bonchev–Trinajstić information content (AvgIpc) is 4.10. The van der Waals surface area contributed by atoms with Gasteiger partial charge in [-0.3, -0.25) is 0 Å². The number of hydrogen-bond acceptors (Lipinski definition) is 6. The maximum absolute atomic E-state index is 6.95. The first kappa shape index (κ1) is 43.6. The molecule has 0 fully saturated rings. The molecule has 0 radical (unpaired) electrons. The van der Waals surface area contributed by atoms with E-state index in [1.807, 2.05) is 30.3 Å². The number of para-hydroxylation sites is 2. The van der Waals surface area contributed by atoms with Gasteiger partial charge in [0.1, 0.15) is 22.3 Å². The first-order valence-electron chi connectivity index (χ1n) is 25.2. The fourth-order valence-electron chi connectivity index (χ4n) is 10.5. The van der Waals surface area contributed by atoms with E-state index in [9.17, 15) is 0 Å². The lowest BCUT2D eigenvalue weighted by molar-refractivity contribution is 0.663. The fraction of sp³-hybridized carbons (Fsp3) is 0. The zero-order valence-electron chi connectivity index (χ0n) is 40.5. The molecule has 14 aromatic rings. The van der Waals surface area contributed by atoms with Crippen molar-refractivity contribution >= 4 is 60.9 Å². The van der Waals surface area contributed by atoms with Crippen molar-refractivity contribution in [3.05, 3.63) is 267 Å². The number of benzene rings is 11. The molecular formula is C69H44N4O2. The molecule has 11 aromatic carbocycles. The van der Waals surface area contributed by atoms with Crippen LogP contribution in [-0.4, -0.2) is 15.0 Å². The lowest BCUT2D eigenvalue weighted by atomic mass is 9.91. The highest BCUT2D eigenvalue weighted by Gasteiger charge is 2.26. The summed E-state index contributed by atoms with van der Waals surface area (Å²) in [6.45, 7) is 0. The van der Waals surface area contributed by atoms with Gasteiger partial charge in [-0.25, -0.2) is 15.0 Å². The van der Waals surface area contributed by atoms with E-state index in [0.717, 1.165) is 122 Å². The molecule has 0 saturated heterocycles. The normalized spacial score (nSPS) is 11.5. The van der Waals surface area contributed by atoms with Crippen molar-refractivity contribution in [2.75, 3.05) is 4.90 Å². The van der Waals surface area contributed by atoms with Gasteiger partial charge in [0.2, 0.25) is 0 Å². The highest BCUT2D eigenvalue weighted by atomic mass is 16.3. The van der Waals surface area contributed by atoms with Gasteiger partial charge in [-0.2, -0.15) is 0 Å². The van der Waals surface area contributed by atoms with Crippen LogP contribution in [0.25, 0.3) is 123 Å². The van der Waals surface area contributed by atoms with Crippen molar-refractivity contribution in [3.63, 3.8) is 0 Å². The molecule has 0 bridgehead atoms. The van der Waals surface area contributed by atoms with E-state index in [4.69, 9.17) is 23.8 Å². The van der Waals surface area contributed by atoms with E-state index >= 15 is 0 Å². The summed E-state index contributed by atoms with van der Waals surface area (Å²) in [5.74, 6) is 1.72. The Bertz CT molecular complexity index is 4210. The number of nitrogens with zero attached hydrogens (tertiary/aromatic N) is 4. The molecule has 0 spiro atoms. The average molecular weight is 961 g/mol. The maximum atomic E-state index is 6.95. The molecule has 3 heterocycles. The van der Waals surface area contributed by atoms with Crippen LogP contribution in [0.5, 0.6) is 0 Å². The molecule has 352 valence electrons. The molecule has 75 heavy (non-hydrogen) atoms. The highest BCUT2D eigenvalue weighted by Crippen LogP contribution is 2.50. The molecule has 0 N–H and O–H groups in total. The van der Waals surface area contributed by atoms with E-state index in [0.29, 0.717) is 17.5 Å². The van der Waals surface area contributed by atoms with Gasteiger partial charge in [0.05, 0.1) is 11.1 Å². The molecule has 0 amide bonds. The minimum atomic E-state index is 0.559. The minimum Gasteiger partial charge on any atom is -0.456 e. The Hall–Kier alpha value is -10.2. The third kappa shape index (κ3) is 7.98. The van der Waals surface area contributed by atoms with Crippen molar-refractivity contribution < 1.29 is 8.83 Å². The number of rotatable bonds is 10. The largest absolute Gasteiger partial charge is 0.456 e. The molecule has 14 rings (SSSR count). The van der Waals surface area contributed by atoms with E-state index in [2.05, 4.69) is 241 Å². The van der Waals surface area contributed by atoms with Gasteiger partial charge >= 0.3 is 0 Å². The molecule has 0 unspecified atom stereocenters. The fourth-order valence-corrected chi connectivity index (χ4v) is 10.5. The van der Waals surface area contributed by atoms with Gasteiger partial charge in [-0.15, -0.1) is 0 Å². The third-order valence-electron chi connectivity index (χ3n) is 14.1. The number of furan rings is 2. The van der Waals surface area contributed by atoms with Crippen LogP contribution in [0.2, 0.25) is 0 Å². The van der Waals surface area contributed by atoms with Crippen LogP contribution < -0.4 is 4.90 Å². The van der Waals surface area contributed by atoms with Gasteiger partial charge in [-0.1, -0.05) is 206 Å². The van der Waals surface area contributed by atoms with Crippen LogP contribution in [0.3, 0.4) is 0 Å². The Morgan fingerprint density at radius 1 is 0.267 bits per heavy atom. The quantitative estimate of drug-likeness (QED) is 0.136. The van der Waals surface area contributed by atoms with Crippen LogP contribution in [0, 0.1) is 0 Å². The lowest BCUT2D eigenvalue weighted by Crippen LogP contribution is -2.13. The molecule has 6 nitrogen and oxygen atoms in total. The number of fused-ring (bicyclic) bond motifs is 7. The zero-order valence-corrected chi connectivity index (χ0v) is 40.5. The van der Waals surface area contributed by atoms with E-state index in [1.54, 1.807) is 0 Å². The molecule has 0 aliphatic carbocycles. The topological polar surface area (TPSA) is 68.2 Å². The summed E-state index contributed by atoms with van der Waals surface area (Å²) in [6, 6.07) is 93.0. The summed E-state index contributed by atoms with van der Waals surface area (Å²) in [6.07, 6.45) is 0. The molecule has 0 aliphatic rings. The Kier molecular flexibility index (Phi) is 10.7. The van der Waals surface area contributed by atoms with Gasteiger partial charge in [0.15, 0.2) is 17.5 Å². The molecule has 0 aliphatic heterocycles. The summed E-state index contributed by atoms with van der Waals surface area (Å²) < 4.78 is 13.2. The van der Waals surface area contributed by atoms with Gasteiger partial charge in [0, 0.05) is 61.4 Å². The van der Waals surface area contributed by atoms with Crippen LogP contribution in [0.15, 0.2) is 276 Å². The molecule has 0 saturated carbocycles. The van der Waals surface area contributed by atoms with Crippen molar-refractivity contribution in [1.82, 2.24) is 15.0 Å². The SMILES string of the molecule is c1ccc(-c2ccc(-c3nc(-c4ccc(-c5ccccc5)cc4)nc(-c4cc(-c5ccccc5)c(N(c5ccccc5)c5ccc6c(c5)oc5c6ccc6oc7ccccc7c65)c(-c5ccccc5)c4)n3)cc2)cc1. The van der Waals surface area contributed by atoms with Crippen molar-refractivity contribution in [2.24, 2.45) is 0 Å². The zero-order chi connectivity index (χ0) is 49.7. The summed E-state index contributed by atoms with van der Waals surface area (Å²) in [5, 5.41) is 4.08. The Labute approximate surface area is 433 Å². The molecular weight excluding hydrogens is 917 g/mol. The summed E-state index contributed by atoms with van der Waals surface area (Å²) >= 11 is 0. The minimum absolute atomic E-state index is 0.559. The van der Waals surface area contributed by atoms with Crippen molar-refractivity contribution in [2.45, 2.75) is 0 Å². The van der Waals surface area contributed by atoms with E-state index < -0.39 is 0 Å². The smallest absolute Gasteiger partial charge is 0.164 e. The Morgan fingerprint density at radius 2 is 0.707 bits per heavy atom. The molecule has 3 aromatic heterocycles. The second-order valence-corrected chi connectivity index (χ2v) is 18.7. The number of aromatic nitrogens is 3. The first-order chi connectivity index (χ1) is 37.2. The van der Waals surface area contributed by atoms with E-state index in [1.165, 1.54) is 0 Å². The second-order valence-electron chi connectivity index (χ2n) is 18.7. The van der Waals surface area contributed by atoms with Crippen LogP contribution in [-0.2, 0) is 0 Å². The third-order valence-corrected chi connectivity index (χ3v) is 14.1. The van der Waals surface area contributed by atoms with Gasteiger partial charge < -0.3 is 13.7 Å². The molecule has 6 heteroatoms. The Morgan fingerprint density at radius 3 is 1.25 bits per heavy atom. The summed E-state index contributed by atoms with van der Waals surface area (Å²) in [4.78, 5) is 18.3. The summed E-state index contributed by atoms with van der Waals surface area (Å²) in [5.41, 5.74) is 17.4. The first-order valence-corrected chi connectivity index (χ1v) is 25.2. The maximum Gasteiger partial charge on any atom is 0.164 e. The number of anilines is 3. The monoisotopic (exact) mass is 960 g/mol. The summed E-state index contributed by atoms with van der Waals surface area (Å²) in [7, 11) is 0. The van der Waals surface area contributed by atoms with Crippen LogP contribution in [0.4, 0.5) is 17.1 Å².